The molecule has 0 aliphatic carbocycles. The van der Waals surface area contributed by atoms with Crippen LogP contribution in [0.25, 0.3) is 0 Å². The van der Waals surface area contributed by atoms with Gasteiger partial charge in [0.15, 0.2) is 0 Å². The summed E-state index contributed by atoms with van der Waals surface area (Å²) in [5.74, 6) is -1.22. The molecule has 0 heterocycles. The second-order valence-corrected chi connectivity index (χ2v) is 6.63. The Kier molecular flexibility index (Phi) is 7.10. The van der Waals surface area contributed by atoms with Gasteiger partial charge >= 0.3 is 5.97 Å². The number of unbranched alkanes of at least 4 members (excludes halogenated alkanes) is 3. The number of aliphatic hydroxyl groups is 1. The number of rotatable bonds is 9. The number of nitrogens with one attached hydrogen (secondary N) is 1. The van der Waals surface area contributed by atoms with Gasteiger partial charge in [0.05, 0.1) is 10.6 Å². The first-order valence-corrected chi connectivity index (χ1v) is 8.38. The highest BCUT2D eigenvalue weighted by Crippen LogP contribution is 2.22. The van der Waals surface area contributed by atoms with Crippen molar-refractivity contribution in [3.8, 4) is 0 Å². The van der Waals surface area contributed by atoms with Crippen molar-refractivity contribution in [2.45, 2.75) is 30.6 Å². The van der Waals surface area contributed by atoms with Crippen molar-refractivity contribution in [1.82, 2.24) is 4.72 Å². The molecule has 0 unspecified atom stereocenters. The number of aromatic carboxylic acids is 1. The fraction of sp³-hybridized carbons (Fsp3) is 0.462. The summed E-state index contributed by atoms with van der Waals surface area (Å²) in [6, 6.07) is 3.54. The number of halogens is 1. The Labute approximate surface area is 128 Å². The highest BCUT2D eigenvalue weighted by atomic mass is 35.5. The molecule has 0 spiro atoms. The van der Waals surface area contributed by atoms with Crippen LogP contribution in [0.3, 0.4) is 0 Å². The smallest absolute Gasteiger partial charge is 0.335 e. The predicted octanol–water partition coefficient (Wildman–Crippen LogP) is 1.87. The summed E-state index contributed by atoms with van der Waals surface area (Å²) in [6.45, 7) is 0.366. The third-order valence-electron chi connectivity index (χ3n) is 2.84. The molecule has 8 heteroatoms. The number of carboxylic acids is 1. The first-order chi connectivity index (χ1) is 9.88. The van der Waals surface area contributed by atoms with Crippen LogP contribution in [-0.4, -0.2) is 37.8 Å². The Hall–Kier alpha value is -1.15. The number of carboxylic acid groups (broad SMARTS) is 1. The van der Waals surface area contributed by atoms with Gasteiger partial charge in [-0.25, -0.2) is 17.9 Å². The number of carbonyl (C=O) groups is 1. The molecule has 3 N–H and O–H groups in total. The van der Waals surface area contributed by atoms with Crippen LogP contribution in [0.5, 0.6) is 0 Å². The molecule has 0 bridgehead atoms. The summed E-state index contributed by atoms with van der Waals surface area (Å²) < 4.78 is 26.6. The van der Waals surface area contributed by atoms with Crippen LogP contribution in [-0.2, 0) is 10.0 Å². The molecule has 0 aliphatic heterocycles. The minimum atomic E-state index is -3.83. The van der Waals surface area contributed by atoms with Gasteiger partial charge in [-0.2, -0.15) is 0 Å². The molecule has 0 radical (unpaired) electrons. The van der Waals surface area contributed by atoms with Crippen LogP contribution in [0, 0.1) is 0 Å². The molecule has 1 rings (SSSR count). The van der Waals surface area contributed by atoms with Crippen molar-refractivity contribution in [3.63, 3.8) is 0 Å². The first kappa shape index (κ1) is 17.9. The van der Waals surface area contributed by atoms with Crippen LogP contribution in [0.4, 0.5) is 0 Å². The Morgan fingerprint density at radius 3 is 2.48 bits per heavy atom. The van der Waals surface area contributed by atoms with E-state index in [0.29, 0.717) is 12.8 Å². The zero-order chi connectivity index (χ0) is 15.9. The molecule has 0 saturated carbocycles. The normalized spacial score (nSPS) is 11.5. The molecule has 0 amide bonds. The zero-order valence-electron chi connectivity index (χ0n) is 11.4. The minimum absolute atomic E-state index is 0.0206. The van der Waals surface area contributed by atoms with Gasteiger partial charge in [-0.15, -0.1) is 0 Å². The van der Waals surface area contributed by atoms with Crippen LogP contribution in [0.15, 0.2) is 23.1 Å². The topological polar surface area (TPSA) is 104 Å². The molecular formula is C13H18ClNO5S. The molecule has 0 aromatic heterocycles. The molecule has 21 heavy (non-hydrogen) atoms. The van der Waals surface area contributed by atoms with Crippen LogP contribution in [0.2, 0.25) is 5.02 Å². The molecule has 1 aromatic rings. The van der Waals surface area contributed by atoms with E-state index in [1.807, 2.05) is 0 Å². The minimum Gasteiger partial charge on any atom is -0.478 e. The molecule has 0 fully saturated rings. The van der Waals surface area contributed by atoms with Gasteiger partial charge in [0.1, 0.15) is 4.90 Å². The van der Waals surface area contributed by atoms with E-state index in [2.05, 4.69) is 4.72 Å². The number of aliphatic hydroxyl groups excluding tert-OH is 1. The van der Waals surface area contributed by atoms with Gasteiger partial charge in [-0.05, 0) is 31.0 Å². The van der Waals surface area contributed by atoms with E-state index in [9.17, 15) is 13.2 Å². The Bertz CT molecular complexity index is 588. The lowest BCUT2D eigenvalue weighted by Gasteiger charge is -2.09. The quantitative estimate of drug-likeness (QED) is 0.598. The third kappa shape index (κ3) is 5.62. The van der Waals surface area contributed by atoms with E-state index >= 15 is 0 Å². The fourth-order valence-corrected chi connectivity index (χ4v) is 3.31. The molecular weight excluding hydrogens is 318 g/mol. The van der Waals surface area contributed by atoms with Gasteiger partial charge in [-0.3, -0.25) is 0 Å². The van der Waals surface area contributed by atoms with Crippen molar-refractivity contribution in [2.24, 2.45) is 0 Å². The van der Waals surface area contributed by atoms with Crippen LogP contribution >= 0.6 is 11.6 Å². The second-order valence-electron chi connectivity index (χ2n) is 4.49. The maximum Gasteiger partial charge on any atom is 0.335 e. The van der Waals surface area contributed by atoms with Crippen molar-refractivity contribution in [2.75, 3.05) is 13.2 Å². The molecule has 0 atom stereocenters. The Morgan fingerprint density at radius 2 is 1.86 bits per heavy atom. The van der Waals surface area contributed by atoms with Crippen molar-refractivity contribution in [3.05, 3.63) is 28.8 Å². The van der Waals surface area contributed by atoms with E-state index in [1.165, 1.54) is 12.1 Å². The van der Waals surface area contributed by atoms with E-state index < -0.39 is 16.0 Å². The maximum atomic E-state index is 12.1. The molecule has 1 aromatic carbocycles. The second kappa shape index (κ2) is 8.33. The third-order valence-corrected chi connectivity index (χ3v) is 4.79. The average Bonchev–Trinajstić information content (AvgIpc) is 2.42. The lowest BCUT2D eigenvalue weighted by molar-refractivity contribution is 0.0696. The summed E-state index contributed by atoms with van der Waals surface area (Å²) >= 11 is 5.83. The van der Waals surface area contributed by atoms with Crippen molar-refractivity contribution < 1.29 is 23.4 Å². The Morgan fingerprint density at radius 1 is 1.19 bits per heavy atom. The standard InChI is InChI=1S/C13H18ClNO5S/c14-11-6-5-10(13(17)18)9-12(11)21(19,20)15-7-3-1-2-4-8-16/h5-6,9,15-16H,1-4,7-8H2,(H,17,18). The summed E-state index contributed by atoms with van der Waals surface area (Å²) in [5.41, 5.74) is -0.136. The summed E-state index contributed by atoms with van der Waals surface area (Å²) in [4.78, 5) is 10.6. The zero-order valence-corrected chi connectivity index (χ0v) is 13.0. The summed E-state index contributed by atoms with van der Waals surface area (Å²) in [7, 11) is -3.83. The van der Waals surface area contributed by atoms with E-state index in [1.54, 1.807) is 0 Å². The molecule has 118 valence electrons. The van der Waals surface area contributed by atoms with E-state index in [4.69, 9.17) is 21.8 Å². The molecule has 0 saturated heterocycles. The van der Waals surface area contributed by atoms with Crippen molar-refractivity contribution >= 4 is 27.6 Å². The van der Waals surface area contributed by atoms with Gasteiger partial charge in [0, 0.05) is 13.2 Å². The number of benzene rings is 1. The largest absolute Gasteiger partial charge is 0.478 e. The highest BCUT2D eigenvalue weighted by Gasteiger charge is 2.19. The first-order valence-electron chi connectivity index (χ1n) is 6.52. The maximum absolute atomic E-state index is 12.1. The van der Waals surface area contributed by atoms with Crippen molar-refractivity contribution in [1.29, 1.82) is 0 Å². The predicted molar refractivity (Wildman–Crippen MR) is 79.2 cm³/mol. The lowest BCUT2D eigenvalue weighted by atomic mass is 10.2. The van der Waals surface area contributed by atoms with Crippen LogP contribution in [0.1, 0.15) is 36.0 Å². The monoisotopic (exact) mass is 335 g/mol. The van der Waals surface area contributed by atoms with E-state index in [-0.39, 0.29) is 28.6 Å². The molecule has 6 nitrogen and oxygen atoms in total. The summed E-state index contributed by atoms with van der Waals surface area (Å²) in [5, 5.41) is 17.5. The van der Waals surface area contributed by atoms with Gasteiger partial charge in [-0.1, -0.05) is 24.4 Å². The van der Waals surface area contributed by atoms with Gasteiger partial charge in [0.2, 0.25) is 10.0 Å². The Balaban J connectivity index is 2.70. The van der Waals surface area contributed by atoms with Crippen LogP contribution < -0.4 is 4.72 Å². The van der Waals surface area contributed by atoms with Gasteiger partial charge < -0.3 is 10.2 Å². The van der Waals surface area contributed by atoms with E-state index in [0.717, 1.165) is 18.9 Å². The highest BCUT2D eigenvalue weighted by molar-refractivity contribution is 7.89. The number of sulfonamides is 1. The number of hydrogen-bond acceptors (Lipinski definition) is 4. The lowest BCUT2D eigenvalue weighted by Crippen LogP contribution is -2.25. The average molecular weight is 336 g/mol. The SMILES string of the molecule is O=C(O)c1ccc(Cl)c(S(=O)(=O)NCCCCCCO)c1. The molecule has 0 aliphatic rings. The number of hydrogen-bond donors (Lipinski definition) is 3. The summed E-state index contributed by atoms with van der Waals surface area (Å²) in [6.07, 6.45) is 2.95. The van der Waals surface area contributed by atoms with Gasteiger partial charge in [0.25, 0.3) is 0 Å². The fourth-order valence-electron chi connectivity index (χ4n) is 1.72.